The van der Waals surface area contributed by atoms with Crippen molar-refractivity contribution in [3.8, 4) is 0 Å². The molecule has 152 valence electrons. The fraction of sp³-hybridized carbons (Fsp3) is 0.474. The third-order valence-corrected chi connectivity index (χ3v) is 5.68. The van der Waals surface area contributed by atoms with Crippen LogP contribution in [-0.2, 0) is 11.3 Å². The summed E-state index contributed by atoms with van der Waals surface area (Å²) >= 11 is 4.57. The van der Waals surface area contributed by atoms with Crippen molar-refractivity contribution in [2.45, 2.75) is 57.0 Å². The van der Waals surface area contributed by atoms with E-state index >= 15 is 0 Å². The lowest BCUT2D eigenvalue weighted by molar-refractivity contribution is -0.119. The summed E-state index contributed by atoms with van der Waals surface area (Å²) in [5.41, 5.74) is 0.458. The first-order chi connectivity index (χ1) is 13.4. The van der Waals surface area contributed by atoms with Crippen molar-refractivity contribution in [2.75, 3.05) is 6.54 Å². The highest BCUT2D eigenvalue weighted by molar-refractivity contribution is 9.10. The van der Waals surface area contributed by atoms with Gasteiger partial charge in [-0.05, 0) is 38.5 Å². The largest absolute Gasteiger partial charge is 0.338 e. The molecule has 2 N–H and O–H groups in total. The molecule has 0 aliphatic heterocycles. The second-order valence-corrected chi connectivity index (χ2v) is 8.55. The molecule has 0 radical (unpaired) electrons. The zero-order chi connectivity index (χ0) is 20.7. The van der Waals surface area contributed by atoms with E-state index in [9.17, 15) is 14.4 Å². The second-order valence-electron chi connectivity index (χ2n) is 6.33. The number of carbonyl (C=O) groups excluding carboxylic acids is 2. The number of hydrogen-bond acceptors (Lipinski definition) is 5. The van der Waals surface area contributed by atoms with E-state index in [1.54, 1.807) is 30.5 Å². The third-order valence-electron chi connectivity index (χ3n) is 4.09. The van der Waals surface area contributed by atoms with E-state index in [0.717, 1.165) is 23.7 Å². The number of rotatable bonds is 8. The molecule has 9 heteroatoms. The number of thioether (sulfide) groups is 1. The predicted octanol–water partition coefficient (Wildman–Crippen LogP) is 3.68. The Labute approximate surface area is 176 Å². The molecule has 3 amide bonds. The van der Waals surface area contributed by atoms with E-state index in [2.05, 4.69) is 38.5 Å². The quantitative estimate of drug-likeness (QED) is 0.350. The van der Waals surface area contributed by atoms with Crippen LogP contribution in [0, 0.1) is 0 Å². The highest BCUT2D eigenvalue weighted by atomic mass is 79.9. The molecule has 2 rings (SSSR count). The molecule has 0 aliphatic carbocycles. The summed E-state index contributed by atoms with van der Waals surface area (Å²) in [5.74, 6) is -0.429. The Morgan fingerprint density at radius 2 is 2.04 bits per heavy atom. The highest BCUT2D eigenvalue weighted by Gasteiger charge is 2.21. The molecule has 1 aromatic heterocycles. The smallest absolute Gasteiger partial charge is 0.321 e. The Morgan fingerprint density at radius 3 is 2.71 bits per heavy atom. The molecule has 0 saturated carbocycles. The van der Waals surface area contributed by atoms with Gasteiger partial charge < -0.3 is 5.32 Å². The van der Waals surface area contributed by atoms with Crippen molar-refractivity contribution in [1.29, 1.82) is 0 Å². The lowest BCUT2D eigenvalue weighted by Gasteiger charge is -2.16. The van der Waals surface area contributed by atoms with Crippen molar-refractivity contribution < 1.29 is 9.59 Å². The van der Waals surface area contributed by atoms with Crippen LogP contribution in [0.4, 0.5) is 4.79 Å². The number of nitrogens with zero attached hydrogens (tertiary/aromatic N) is 2. The Kier molecular flexibility index (Phi) is 8.50. The van der Waals surface area contributed by atoms with E-state index in [0.29, 0.717) is 29.1 Å². The van der Waals surface area contributed by atoms with Gasteiger partial charge in [0.1, 0.15) is 0 Å². The highest BCUT2D eigenvalue weighted by Crippen LogP contribution is 2.24. The van der Waals surface area contributed by atoms with Gasteiger partial charge in [0, 0.05) is 17.6 Å². The van der Waals surface area contributed by atoms with Crippen LogP contribution >= 0.6 is 27.7 Å². The van der Waals surface area contributed by atoms with Gasteiger partial charge in [-0.15, -0.1) is 0 Å². The number of carbonyl (C=O) groups is 2. The average molecular weight is 469 g/mol. The van der Waals surface area contributed by atoms with Crippen LogP contribution in [-0.4, -0.2) is 33.3 Å². The maximum atomic E-state index is 13.0. The van der Waals surface area contributed by atoms with Crippen LogP contribution in [0.15, 0.2) is 32.6 Å². The Bertz CT molecular complexity index is 916. The minimum absolute atomic E-state index is 0.124. The van der Waals surface area contributed by atoms with Gasteiger partial charge in [-0.25, -0.2) is 9.78 Å². The number of aromatic nitrogens is 2. The molecular weight excluding hydrogens is 444 g/mol. The fourth-order valence-corrected chi connectivity index (χ4v) is 3.91. The second kappa shape index (κ2) is 10.6. The number of imide groups is 1. The summed E-state index contributed by atoms with van der Waals surface area (Å²) in [4.78, 5) is 41.5. The predicted molar refractivity (Wildman–Crippen MR) is 116 cm³/mol. The SMILES string of the molecule is CCCCCn1c(SC(C)C(=O)NC(=O)NCC)nc2ccc(Br)cc2c1=O. The minimum atomic E-state index is -0.583. The van der Waals surface area contributed by atoms with E-state index in [4.69, 9.17) is 0 Å². The van der Waals surface area contributed by atoms with Crippen molar-refractivity contribution in [1.82, 2.24) is 20.2 Å². The van der Waals surface area contributed by atoms with E-state index < -0.39 is 17.2 Å². The van der Waals surface area contributed by atoms with E-state index in [-0.39, 0.29) is 5.56 Å². The zero-order valence-electron chi connectivity index (χ0n) is 16.3. The lowest BCUT2D eigenvalue weighted by atomic mass is 10.2. The molecule has 7 nitrogen and oxygen atoms in total. The Morgan fingerprint density at radius 1 is 1.29 bits per heavy atom. The van der Waals surface area contributed by atoms with Crippen molar-refractivity contribution >= 4 is 50.5 Å². The number of benzene rings is 1. The van der Waals surface area contributed by atoms with Gasteiger partial charge in [-0.2, -0.15) is 0 Å². The zero-order valence-corrected chi connectivity index (χ0v) is 18.7. The van der Waals surface area contributed by atoms with Gasteiger partial charge in [0.15, 0.2) is 5.16 Å². The molecule has 1 unspecified atom stereocenters. The van der Waals surface area contributed by atoms with Crippen LogP contribution < -0.4 is 16.2 Å². The summed E-state index contributed by atoms with van der Waals surface area (Å²) in [6, 6.07) is 4.84. The first kappa shape index (κ1) is 22.4. The van der Waals surface area contributed by atoms with Gasteiger partial charge >= 0.3 is 6.03 Å². The first-order valence-corrected chi connectivity index (χ1v) is 11.0. The number of fused-ring (bicyclic) bond motifs is 1. The lowest BCUT2D eigenvalue weighted by Crippen LogP contribution is -2.42. The summed E-state index contributed by atoms with van der Waals surface area (Å²) in [6.45, 7) is 6.53. The van der Waals surface area contributed by atoms with Crippen LogP contribution in [0.25, 0.3) is 10.9 Å². The van der Waals surface area contributed by atoms with Gasteiger partial charge in [0.25, 0.3) is 5.56 Å². The molecular formula is C19H25BrN4O3S. The van der Waals surface area contributed by atoms with Crippen LogP contribution in [0.1, 0.15) is 40.0 Å². The summed E-state index contributed by atoms with van der Waals surface area (Å²) in [5, 5.41) is 5.26. The summed E-state index contributed by atoms with van der Waals surface area (Å²) < 4.78 is 2.44. The molecule has 1 aromatic carbocycles. The molecule has 0 spiro atoms. The van der Waals surface area contributed by atoms with Crippen LogP contribution in [0.5, 0.6) is 0 Å². The topological polar surface area (TPSA) is 93.1 Å². The number of unbranched alkanes of at least 4 members (excludes halogenated alkanes) is 2. The maximum absolute atomic E-state index is 13.0. The Hall–Kier alpha value is -1.87. The normalized spacial score (nSPS) is 12.0. The first-order valence-electron chi connectivity index (χ1n) is 9.32. The van der Waals surface area contributed by atoms with Gasteiger partial charge in [-0.1, -0.05) is 47.5 Å². The molecule has 2 aromatic rings. The fourth-order valence-electron chi connectivity index (χ4n) is 2.61. The van der Waals surface area contributed by atoms with Gasteiger partial charge in [0.05, 0.1) is 16.2 Å². The molecule has 0 aliphatic rings. The van der Waals surface area contributed by atoms with Gasteiger partial charge in [-0.3, -0.25) is 19.5 Å². The van der Waals surface area contributed by atoms with Gasteiger partial charge in [0.2, 0.25) is 5.91 Å². The Balaban J connectivity index is 2.34. The van der Waals surface area contributed by atoms with Crippen LogP contribution in [0.3, 0.4) is 0 Å². The number of urea groups is 1. The maximum Gasteiger partial charge on any atom is 0.321 e. The molecule has 0 saturated heterocycles. The molecule has 0 fully saturated rings. The van der Waals surface area contributed by atoms with Crippen molar-refractivity contribution in [2.24, 2.45) is 0 Å². The molecule has 1 atom stereocenters. The average Bonchev–Trinajstić information content (AvgIpc) is 2.65. The summed E-state index contributed by atoms with van der Waals surface area (Å²) in [6.07, 6.45) is 2.89. The monoisotopic (exact) mass is 468 g/mol. The van der Waals surface area contributed by atoms with Crippen molar-refractivity contribution in [3.05, 3.63) is 33.0 Å². The molecule has 0 bridgehead atoms. The molecule has 28 heavy (non-hydrogen) atoms. The van der Waals surface area contributed by atoms with E-state index in [1.807, 2.05) is 6.07 Å². The summed E-state index contributed by atoms with van der Waals surface area (Å²) in [7, 11) is 0. The van der Waals surface area contributed by atoms with Crippen LogP contribution in [0.2, 0.25) is 0 Å². The minimum Gasteiger partial charge on any atom is -0.338 e. The third kappa shape index (κ3) is 5.81. The number of nitrogens with one attached hydrogen (secondary N) is 2. The number of amides is 3. The number of halogens is 1. The number of hydrogen-bond donors (Lipinski definition) is 2. The standard InChI is InChI=1S/C19H25BrN4O3S/c1-4-6-7-10-24-17(26)14-11-13(20)8-9-15(14)22-19(24)28-12(3)16(25)23-18(27)21-5-2/h8-9,11-12H,4-7,10H2,1-3H3,(H2,21,23,25,27). The van der Waals surface area contributed by atoms with Crippen molar-refractivity contribution in [3.63, 3.8) is 0 Å². The van der Waals surface area contributed by atoms with E-state index in [1.165, 1.54) is 11.8 Å². The molecule has 1 heterocycles.